The lowest BCUT2D eigenvalue weighted by atomic mass is 10.1. The summed E-state index contributed by atoms with van der Waals surface area (Å²) < 4.78 is 0. The Morgan fingerprint density at radius 3 is 2.67 bits per heavy atom. The van der Waals surface area contributed by atoms with E-state index >= 15 is 0 Å². The van der Waals surface area contributed by atoms with Crippen LogP contribution in [-0.2, 0) is 6.42 Å². The minimum absolute atomic E-state index is 0.373. The van der Waals surface area contributed by atoms with Gasteiger partial charge in [-0.3, -0.25) is 0 Å². The Morgan fingerprint density at radius 1 is 1.40 bits per heavy atom. The van der Waals surface area contributed by atoms with Crippen LogP contribution in [0.5, 0.6) is 0 Å². The Kier molecular flexibility index (Phi) is 4.85. The first-order valence-electron chi connectivity index (χ1n) is 5.24. The van der Waals surface area contributed by atoms with Gasteiger partial charge >= 0.3 is 0 Å². The molecule has 1 heteroatoms. The number of hydrogen-bond donors (Lipinski definition) is 1. The van der Waals surface area contributed by atoms with Gasteiger partial charge in [-0.1, -0.05) is 54.6 Å². The minimum Gasteiger partial charge on any atom is -0.389 e. The lowest BCUT2D eigenvalue weighted by Crippen LogP contribution is -2.03. The van der Waals surface area contributed by atoms with Gasteiger partial charge in [0.25, 0.3) is 0 Å². The van der Waals surface area contributed by atoms with Crippen molar-refractivity contribution in [2.45, 2.75) is 25.9 Å². The Bertz CT molecular complexity index is 324. The van der Waals surface area contributed by atoms with Crippen LogP contribution < -0.4 is 0 Å². The maximum absolute atomic E-state index is 9.63. The fourth-order valence-electron chi connectivity index (χ4n) is 1.33. The first-order chi connectivity index (χ1) is 7.18. The summed E-state index contributed by atoms with van der Waals surface area (Å²) in [6.45, 7) is 5.66. The highest BCUT2D eigenvalue weighted by Crippen LogP contribution is 2.06. The van der Waals surface area contributed by atoms with E-state index in [-0.39, 0.29) is 6.10 Å². The van der Waals surface area contributed by atoms with E-state index in [0.29, 0.717) is 0 Å². The molecule has 1 aromatic rings. The topological polar surface area (TPSA) is 20.2 Å². The Balaban J connectivity index is 2.34. The molecule has 0 aliphatic carbocycles. The summed E-state index contributed by atoms with van der Waals surface area (Å²) in [6.07, 6.45) is 4.94. The molecule has 1 unspecified atom stereocenters. The molecule has 0 fully saturated rings. The van der Waals surface area contributed by atoms with Crippen molar-refractivity contribution in [3.63, 3.8) is 0 Å². The Morgan fingerprint density at radius 2 is 2.07 bits per heavy atom. The van der Waals surface area contributed by atoms with Crippen molar-refractivity contribution in [1.82, 2.24) is 0 Å². The molecule has 0 bridgehead atoms. The third-order valence-electron chi connectivity index (χ3n) is 2.17. The number of allylic oxidation sites excluding steroid dienone is 2. The highest BCUT2D eigenvalue weighted by Gasteiger charge is 1.99. The lowest BCUT2D eigenvalue weighted by molar-refractivity contribution is 0.213. The third-order valence-corrected chi connectivity index (χ3v) is 2.17. The van der Waals surface area contributed by atoms with Gasteiger partial charge in [0.15, 0.2) is 0 Å². The highest BCUT2D eigenvalue weighted by molar-refractivity contribution is 5.16. The van der Waals surface area contributed by atoms with E-state index in [9.17, 15) is 5.11 Å². The Labute approximate surface area is 91.8 Å². The molecule has 15 heavy (non-hydrogen) atoms. The molecule has 0 heterocycles. The maximum atomic E-state index is 9.63. The number of aliphatic hydroxyl groups excluding tert-OH is 1. The number of aryl methyl sites for hydroxylation is 1. The predicted octanol–water partition coefficient (Wildman–Crippen LogP) is 3.11. The van der Waals surface area contributed by atoms with Gasteiger partial charge in [0, 0.05) is 0 Å². The van der Waals surface area contributed by atoms with E-state index in [4.69, 9.17) is 0 Å². The van der Waals surface area contributed by atoms with Crippen molar-refractivity contribution >= 4 is 0 Å². The van der Waals surface area contributed by atoms with Crippen molar-refractivity contribution in [2.24, 2.45) is 0 Å². The number of aliphatic hydroxyl groups is 1. The summed E-state index contributed by atoms with van der Waals surface area (Å²) in [5.41, 5.74) is 2.23. The summed E-state index contributed by atoms with van der Waals surface area (Å²) in [5.74, 6) is 0. The first-order valence-corrected chi connectivity index (χ1v) is 5.24. The van der Waals surface area contributed by atoms with Crippen LogP contribution in [0.15, 0.2) is 54.6 Å². The summed E-state index contributed by atoms with van der Waals surface area (Å²) in [4.78, 5) is 0. The van der Waals surface area contributed by atoms with Crippen molar-refractivity contribution in [2.75, 3.05) is 0 Å². The Hall–Kier alpha value is -1.34. The number of hydrogen-bond acceptors (Lipinski definition) is 1. The van der Waals surface area contributed by atoms with Gasteiger partial charge in [0.1, 0.15) is 0 Å². The van der Waals surface area contributed by atoms with Gasteiger partial charge in [-0.15, -0.1) is 0 Å². The molecule has 1 aromatic carbocycles. The number of benzene rings is 1. The normalized spacial score (nSPS) is 12.9. The monoisotopic (exact) mass is 202 g/mol. The van der Waals surface area contributed by atoms with Crippen LogP contribution in [0.3, 0.4) is 0 Å². The van der Waals surface area contributed by atoms with Crippen molar-refractivity contribution < 1.29 is 5.11 Å². The SMILES string of the molecule is C=C(C)/C=C/C(O)CCc1ccccc1. The van der Waals surface area contributed by atoms with E-state index in [0.717, 1.165) is 18.4 Å². The van der Waals surface area contributed by atoms with Gasteiger partial charge in [0.2, 0.25) is 0 Å². The van der Waals surface area contributed by atoms with E-state index in [2.05, 4.69) is 18.7 Å². The standard InChI is InChI=1S/C14H18O/c1-12(2)8-10-14(15)11-9-13-6-4-3-5-7-13/h3-8,10,14-15H,1,9,11H2,2H3/b10-8+. The average molecular weight is 202 g/mol. The second-order valence-corrected chi connectivity index (χ2v) is 3.80. The minimum atomic E-state index is -0.373. The first kappa shape index (κ1) is 11.7. The van der Waals surface area contributed by atoms with Gasteiger partial charge in [-0.25, -0.2) is 0 Å². The van der Waals surface area contributed by atoms with Crippen LogP contribution in [0.4, 0.5) is 0 Å². The molecular weight excluding hydrogens is 184 g/mol. The van der Waals surface area contributed by atoms with Crippen LogP contribution in [0.25, 0.3) is 0 Å². The van der Waals surface area contributed by atoms with Gasteiger partial charge in [-0.2, -0.15) is 0 Å². The van der Waals surface area contributed by atoms with Crippen molar-refractivity contribution in [3.05, 3.63) is 60.2 Å². The molecule has 0 spiro atoms. The summed E-state index contributed by atoms with van der Waals surface area (Å²) >= 11 is 0. The van der Waals surface area contributed by atoms with E-state index in [1.54, 1.807) is 6.08 Å². The molecule has 0 saturated heterocycles. The molecule has 1 nitrogen and oxygen atoms in total. The summed E-state index contributed by atoms with van der Waals surface area (Å²) in [7, 11) is 0. The van der Waals surface area contributed by atoms with Crippen LogP contribution in [0, 0.1) is 0 Å². The molecule has 1 rings (SSSR count). The lowest BCUT2D eigenvalue weighted by Gasteiger charge is -2.05. The van der Waals surface area contributed by atoms with Crippen LogP contribution in [-0.4, -0.2) is 11.2 Å². The molecular formula is C14H18O. The molecule has 0 amide bonds. The second-order valence-electron chi connectivity index (χ2n) is 3.80. The van der Waals surface area contributed by atoms with Gasteiger partial charge in [0.05, 0.1) is 6.10 Å². The van der Waals surface area contributed by atoms with Crippen molar-refractivity contribution in [1.29, 1.82) is 0 Å². The molecule has 0 saturated carbocycles. The molecule has 0 radical (unpaired) electrons. The number of rotatable bonds is 5. The zero-order chi connectivity index (χ0) is 11.1. The van der Waals surface area contributed by atoms with Crippen LogP contribution >= 0.6 is 0 Å². The highest BCUT2D eigenvalue weighted by atomic mass is 16.3. The largest absolute Gasteiger partial charge is 0.389 e. The van der Waals surface area contributed by atoms with E-state index in [1.807, 2.05) is 31.2 Å². The zero-order valence-corrected chi connectivity index (χ0v) is 9.19. The van der Waals surface area contributed by atoms with Crippen molar-refractivity contribution in [3.8, 4) is 0 Å². The smallest absolute Gasteiger partial charge is 0.0727 e. The molecule has 1 N–H and O–H groups in total. The van der Waals surface area contributed by atoms with Gasteiger partial charge in [-0.05, 0) is 25.3 Å². The van der Waals surface area contributed by atoms with Crippen LogP contribution in [0.1, 0.15) is 18.9 Å². The fourth-order valence-corrected chi connectivity index (χ4v) is 1.33. The fraction of sp³-hybridized carbons (Fsp3) is 0.286. The molecule has 0 aromatic heterocycles. The van der Waals surface area contributed by atoms with Gasteiger partial charge < -0.3 is 5.11 Å². The maximum Gasteiger partial charge on any atom is 0.0727 e. The average Bonchev–Trinajstić information content (AvgIpc) is 2.25. The summed E-state index contributed by atoms with van der Waals surface area (Å²) in [5, 5.41) is 9.63. The summed E-state index contributed by atoms with van der Waals surface area (Å²) in [6, 6.07) is 10.2. The zero-order valence-electron chi connectivity index (χ0n) is 9.19. The third kappa shape index (κ3) is 5.18. The molecule has 0 aliphatic rings. The van der Waals surface area contributed by atoms with E-state index < -0.39 is 0 Å². The predicted molar refractivity (Wildman–Crippen MR) is 64.7 cm³/mol. The second kappa shape index (κ2) is 6.20. The van der Waals surface area contributed by atoms with E-state index in [1.165, 1.54) is 5.56 Å². The quantitative estimate of drug-likeness (QED) is 0.727. The molecule has 80 valence electrons. The van der Waals surface area contributed by atoms with Crippen LogP contribution in [0.2, 0.25) is 0 Å². The molecule has 0 aliphatic heterocycles. The molecule has 1 atom stereocenters.